The number of halogens is 3. The van der Waals surface area contributed by atoms with E-state index in [2.05, 4.69) is 4.98 Å². The molecule has 0 unspecified atom stereocenters. The highest BCUT2D eigenvalue weighted by Crippen LogP contribution is 2.31. The molecule has 2 aromatic carbocycles. The van der Waals surface area contributed by atoms with Crippen LogP contribution in [0.1, 0.15) is 16.7 Å². The number of H-pyrrole nitrogens is 1. The van der Waals surface area contributed by atoms with Crippen molar-refractivity contribution in [3.8, 4) is 0 Å². The summed E-state index contributed by atoms with van der Waals surface area (Å²) in [5, 5.41) is 0. The van der Waals surface area contributed by atoms with Crippen molar-refractivity contribution in [1.82, 2.24) is 9.55 Å². The summed E-state index contributed by atoms with van der Waals surface area (Å²) < 4.78 is 39.9. The number of rotatable bonds is 2. The molecule has 1 aromatic heterocycles. The lowest BCUT2D eigenvalue weighted by Gasteiger charge is -2.09. The van der Waals surface area contributed by atoms with E-state index < -0.39 is 17.4 Å². The van der Waals surface area contributed by atoms with E-state index in [1.54, 1.807) is 0 Å². The van der Waals surface area contributed by atoms with Gasteiger partial charge in [-0.2, -0.15) is 13.2 Å². The van der Waals surface area contributed by atoms with Crippen LogP contribution in [0.3, 0.4) is 0 Å². The maximum Gasteiger partial charge on any atom is 0.416 e. The molecule has 0 aliphatic carbocycles. The third-order valence-electron chi connectivity index (χ3n) is 3.69. The van der Waals surface area contributed by atoms with Gasteiger partial charge >= 0.3 is 11.9 Å². The Bertz CT molecular complexity index is 890. The summed E-state index contributed by atoms with van der Waals surface area (Å²) in [6.45, 7) is 2.13. The Hall–Kier alpha value is -2.50. The second kappa shape index (κ2) is 5.05. The molecule has 0 atom stereocenters. The van der Waals surface area contributed by atoms with Gasteiger partial charge in [-0.05, 0) is 36.2 Å². The molecule has 0 saturated heterocycles. The highest BCUT2D eigenvalue weighted by atomic mass is 19.4. The van der Waals surface area contributed by atoms with Crippen LogP contribution in [-0.4, -0.2) is 9.55 Å². The number of fused-ring (bicyclic) bond motifs is 1. The van der Waals surface area contributed by atoms with E-state index in [0.29, 0.717) is 5.52 Å². The average molecular weight is 306 g/mol. The summed E-state index contributed by atoms with van der Waals surface area (Å²) in [6, 6.07) is 10.7. The van der Waals surface area contributed by atoms with Crippen LogP contribution in [0.2, 0.25) is 0 Å². The third kappa shape index (κ3) is 2.52. The molecule has 1 N–H and O–H groups in total. The number of aromatic nitrogens is 2. The van der Waals surface area contributed by atoms with E-state index in [-0.39, 0.29) is 12.1 Å². The zero-order chi connectivity index (χ0) is 15.9. The van der Waals surface area contributed by atoms with Crippen molar-refractivity contribution >= 4 is 11.0 Å². The Balaban J connectivity index is 2.15. The van der Waals surface area contributed by atoms with Crippen LogP contribution in [-0.2, 0) is 12.7 Å². The second-order valence-corrected chi connectivity index (χ2v) is 5.17. The Morgan fingerprint density at radius 2 is 1.86 bits per heavy atom. The van der Waals surface area contributed by atoms with E-state index in [9.17, 15) is 18.0 Å². The molecule has 0 spiro atoms. The first-order valence-electron chi connectivity index (χ1n) is 6.70. The minimum Gasteiger partial charge on any atom is -0.306 e. The van der Waals surface area contributed by atoms with Crippen LogP contribution < -0.4 is 5.69 Å². The lowest BCUT2D eigenvalue weighted by molar-refractivity contribution is -0.137. The molecule has 0 aliphatic rings. The fraction of sp³-hybridized carbons (Fsp3) is 0.188. The van der Waals surface area contributed by atoms with Crippen LogP contribution in [0.5, 0.6) is 0 Å². The summed E-state index contributed by atoms with van der Waals surface area (Å²) >= 11 is 0. The van der Waals surface area contributed by atoms with Gasteiger partial charge in [0.15, 0.2) is 0 Å². The van der Waals surface area contributed by atoms with Gasteiger partial charge in [-0.1, -0.05) is 24.3 Å². The molecule has 3 aromatic rings. The normalized spacial score (nSPS) is 12.0. The summed E-state index contributed by atoms with van der Waals surface area (Å²) in [5.41, 5.74) is 1.34. The van der Waals surface area contributed by atoms with Gasteiger partial charge < -0.3 is 4.98 Å². The lowest BCUT2D eigenvalue weighted by atomic mass is 10.1. The van der Waals surface area contributed by atoms with Gasteiger partial charge in [0, 0.05) is 0 Å². The molecular formula is C16H13F3N2O. The Labute approximate surface area is 124 Å². The molecule has 22 heavy (non-hydrogen) atoms. The minimum atomic E-state index is -4.44. The van der Waals surface area contributed by atoms with E-state index in [1.807, 2.05) is 31.2 Å². The number of aromatic amines is 1. The molecule has 0 radical (unpaired) electrons. The largest absolute Gasteiger partial charge is 0.416 e. The molecule has 114 valence electrons. The molecule has 1 heterocycles. The van der Waals surface area contributed by atoms with Gasteiger partial charge in [0.2, 0.25) is 0 Å². The van der Waals surface area contributed by atoms with E-state index in [0.717, 1.165) is 23.3 Å². The van der Waals surface area contributed by atoms with E-state index in [1.165, 1.54) is 10.6 Å². The Morgan fingerprint density at radius 3 is 2.55 bits per heavy atom. The van der Waals surface area contributed by atoms with E-state index in [4.69, 9.17) is 0 Å². The maximum absolute atomic E-state index is 12.8. The van der Waals surface area contributed by atoms with Gasteiger partial charge in [0.05, 0.1) is 23.1 Å². The van der Waals surface area contributed by atoms with Crippen LogP contribution in [0.25, 0.3) is 11.0 Å². The number of nitrogens with zero attached hydrogens (tertiary/aromatic N) is 1. The van der Waals surface area contributed by atoms with Crippen molar-refractivity contribution < 1.29 is 13.2 Å². The van der Waals surface area contributed by atoms with Crippen LogP contribution in [0.15, 0.2) is 47.3 Å². The Kier molecular flexibility index (Phi) is 3.31. The number of alkyl halides is 3. The first-order chi connectivity index (χ1) is 10.4. The smallest absolute Gasteiger partial charge is 0.306 e. The number of benzene rings is 2. The summed E-state index contributed by atoms with van der Waals surface area (Å²) in [4.78, 5) is 14.6. The van der Waals surface area contributed by atoms with Crippen molar-refractivity contribution in [3.63, 3.8) is 0 Å². The van der Waals surface area contributed by atoms with Crippen LogP contribution in [0.4, 0.5) is 13.2 Å². The second-order valence-electron chi connectivity index (χ2n) is 5.17. The number of hydrogen-bond donors (Lipinski definition) is 1. The fourth-order valence-electron chi connectivity index (χ4n) is 2.44. The summed E-state index contributed by atoms with van der Waals surface area (Å²) in [6.07, 6.45) is -4.44. The first kappa shape index (κ1) is 14.4. The van der Waals surface area contributed by atoms with Gasteiger partial charge in [0.1, 0.15) is 0 Å². The molecule has 0 bridgehead atoms. The Morgan fingerprint density at radius 1 is 1.14 bits per heavy atom. The average Bonchev–Trinajstić information content (AvgIpc) is 2.76. The number of aryl methyl sites for hydroxylation is 1. The molecule has 0 saturated carbocycles. The molecule has 6 heteroatoms. The van der Waals surface area contributed by atoms with Crippen molar-refractivity contribution in [2.45, 2.75) is 19.6 Å². The topological polar surface area (TPSA) is 37.8 Å². The van der Waals surface area contributed by atoms with Crippen molar-refractivity contribution in [3.05, 3.63) is 69.6 Å². The number of hydrogen-bond acceptors (Lipinski definition) is 1. The molecule has 0 amide bonds. The zero-order valence-electron chi connectivity index (χ0n) is 11.7. The van der Waals surface area contributed by atoms with Crippen molar-refractivity contribution in [2.75, 3.05) is 0 Å². The van der Waals surface area contributed by atoms with E-state index >= 15 is 0 Å². The predicted molar refractivity (Wildman–Crippen MR) is 77.8 cm³/mol. The minimum absolute atomic E-state index is 0.229. The molecule has 0 aliphatic heterocycles. The lowest BCUT2D eigenvalue weighted by Crippen LogP contribution is -2.18. The number of nitrogens with one attached hydrogen (secondary N) is 1. The standard InChI is InChI=1S/C16H13F3N2O/c1-10-4-2-3-5-11(10)9-21-14-8-12(16(17,18)19)6-7-13(14)20-15(21)22/h2-8H,9H2,1H3,(H,20,22). The molecular weight excluding hydrogens is 293 g/mol. The highest BCUT2D eigenvalue weighted by Gasteiger charge is 2.31. The number of imidazole rings is 1. The fourth-order valence-corrected chi connectivity index (χ4v) is 2.44. The highest BCUT2D eigenvalue weighted by molar-refractivity contribution is 5.76. The van der Waals surface area contributed by atoms with Crippen LogP contribution in [0, 0.1) is 6.92 Å². The molecule has 0 fully saturated rings. The third-order valence-corrected chi connectivity index (χ3v) is 3.69. The van der Waals surface area contributed by atoms with Crippen molar-refractivity contribution in [1.29, 1.82) is 0 Å². The quantitative estimate of drug-likeness (QED) is 0.770. The van der Waals surface area contributed by atoms with Gasteiger partial charge in [-0.15, -0.1) is 0 Å². The molecule has 3 rings (SSSR count). The SMILES string of the molecule is Cc1ccccc1Cn1c(=O)[nH]c2ccc(C(F)(F)F)cc21. The predicted octanol–water partition coefficient (Wildman–Crippen LogP) is 3.71. The monoisotopic (exact) mass is 306 g/mol. The first-order valence-corrected chi connectivity index (χ1v) is 6.70. The maximum atomic E-state index is 12.8. The van der Waals surface area contributed by atoms with Gasteiger partial charge in [0.25, 0.3) is 0 Å². The summed E-state index contributed by atoms with van der Waals surface area (Å²) in [5.74, 6) is 0. The van der Waals surface area contributed by atoms with Crippen LogP contribution >= 0.6 is 0 Å². The van der Waals surface area contributed by atoms with Gasteiger partial charge in [-0.25, -0.2) is 4.79 Å². The van der Waals surface area contributed by atoms with Gasteiger partial charge in [-0.3, -0.25) is 4.57 Å². The summed E-state index contributed by atoms with van der Waals surface area (Å²) in [7, 11) is 0. The zero-order valence-corrected chi connectivity index (χ0v) is 11.7. The molecule has 3 nitrogen and oxygen atoms in total. The van der Waals surface area contributed by atoms with Crippen molar-refractivity contribution in [2.24, 2.45) is 0 Å².